The van der Waals surface area contributed by atoms with Crippen molar-refractivity contribution in [2.24, 2.45) is 0 Å². The molecule has 0 aromatic carbocycles. The first-order chi connectivity index (χ1) is 11.1. The van der Waals surface area contributed by atoms with Gasteiger partial charge >= 0.3 is 0 Å². The standard InChI is InChI=1S/C14H22N6O3/c1-7-10(21)11(22)14(23-7)20-6-17-9-12(16-3)18-8(4-5-15-2)19-13(9)20/h6-7,10-11,14-15,21-22H,4-5H2,1-3H3,(H,16,18,19)/t7-,10-,11-,14-/m1/s1. The van der Waals surface area contributed by atoms with Gasteiger partial charge in [-0.05, 0) is 14.0 Å². The number of rotatable bonds is 5. The van der Waals surface area contributed by atoms with E-state index in [0.717, 1.165) is 6.54 Å². The van der Waals surface area contributed by atoms with Gasteiger partial charge in [-0.2, -0.15) is 0 Å². The van der Waals surface area contributed by atoms with Crippen LogP contribution in [0.1, 0.15) is 19.0 Å². The number of aliphatic hydroxyl groups excluding tert-OH is 2. The van der Waals surface area contributed by atoms with E-state index in [1.807, 2.05) is 7.05 Å². The second kappa shape index (κ2) is 6.36. The van der Waals surface area contributed by atoms with E-state index in [9.17, 15) is 10.2 Å². The number of aliphatic hydroxyl groups is 2. The molecule has 3 rings (SSSR count). The van der Waals surface area contributed by atoms with Crippen LogP contribution in [0.2, 0.25) is 0 Å². The summed E-state index contributed by atoms with van der Waals surface area (Å²) >= 11 is 0. The number of nitrogens with one attached hydrogen (secondary N) is 2. The van der Waals surface area contributed by atoms with Gasteiger partial charge in [0.1, 0.15) is 18.0 Å². The molecular weight excluding hydrogens is 300 g/mol. The minimum absolute atomic E-state index is 0.457. The number of imidazole rings is 1. The zero-order valence-electron chi connectivity index (χ0n) is 13.4. The molecule has 4 N–H and O–H groups in total. The van der Waals surface area contributed by atoms with Gasteiger partial charge in [0.15, 0.2) is 23.2 Å². The largest absolute Gasteiger partial charge is 0.388 e. The summed E-state index contributed by atoms with van der Waals surface area (Å²) < 4.78 is 7.31. The van der Waals surface area contributed by atoms with E-state index >= 15 is 0 Å². The number of anilines is 1. The average Bonchev–Trinajstić information content (AvgIpc) is 3.08. The van der Waals surface area contributed by atoms with Crippen LogP contribution in [0, 0.1) is 0 Å². The first kappa shape index (κ1) is 16.1. The Kier molecular flexibility index (Phi) is 4.44. The van der Waals surface area contributed by atoms with Crippen molar-refractivity contribution < 1.29 is 14.9 Å². The highest BCUT2D eigenvalue weighted by Crippen LogP contribution is 2.32. The van der Waals surface area contributed by atoms with Gasteiger partial charge in [-0.1, -0.05) is 0 Å². The third kappa shape index (κ3) is 2.76. The Morgan fingerprint density at radius 2 is 2.04 bits per heavy atom. The van der Waals surface area contributed by atoms with E-state index in [0.29, 0.717) is 29.2 Å². The molecule has 2 aromatic heterocycles. The van der Waals surface area contributed by atoms with Crippen molar-refractivity contribution >= 4 is 17.0 Å². The molecule has 23 heavy (non-hydrogen) atoms. The molecule has 0 unspecified atom stereocenters. The number of nitrogens with zero attached hydrogens (tertiary/aromatic N) is 4. The Morgan fingerprint density at radius 1 is 1.26 bits per heavy atom. The fraction of sp³-hybridized carbons (Fsp3) is 0.643. The van der Waals surface area contributed by atoms with Crippen LogP contribution in [0.4, 0.5) is 5.82 Å². The van der Waals surface area contributed by atoms with Gasteiger partial charge in [-0.3, -0.25) is 4.57 Å². The molecule has 3 heterocycles. The molecule has 9 heteroatoms. The predicted octanol–water partition coefficient (Wildman–Crippen LogP) is -0.731. The minimum Gasteiger partial charge on any atom is -0.388 e. The van der Waals surface area contributed by atoms with Gasteiger partial charge in [0.2, 0.25) is 0 Å². The van der Waals surface area contributed by atoms with Crippen LogP contribution >= 0.6 is 0 Å². The summed E-state index contributed by atoms with van der Waals surface area (Å²) in [4.78, 5) is 13.3. The highest BCUT2D eigenvalue weighted by molar-refractivity contribution is 5.83. The second-order valence-corrected chi connectivity index (χ2v) is 5.63. The van der Waals surface area contributed by atoms with Crippen molar-refractivity contribution in [3.8, 4) is 0 Å². The maximum atomic E-state index is 10.2. The number of ether oxygens (including phenoxy) is 1. The van der Waals surface area contributed by atoms with Gasteiger partial charge < -0.3 is 25.6 Å². The smallest absolute Gasteiger partial charge is 0.167 e. The van der Waals surface area contributed by atoms with E-state index in [4.69, 9.17) is 4.74 Å². The van der Waals surface area contributed by atoms with Crippen LogP contribution in [-0.4, -0.2) is 68.7 Å². The first-order valence-electron chi connectivity index (χ1n) is 7.64. The lowest BCUT2D eigenvalue weighted by atomic mass is 10.1. The minimum atomic E-state index is -1.03. The van der Waals surface area contributed by atoms with Crippen molar-refractivity contribution in [3.05, 3.63) is 12.2 Å². The van der Waals surface area contributed by atoms with Crippen LogP contribution < -0.4 is 10.6 Å². The Balaban J connectivity index is 2.04. The quantitative estimate of drug-likeness (QED) is 0.569. The summed E-state index contributed by atoms with van der Waals surface area (Å²) in [6.45, 7) is 2.47. The molecule has 2 aromatic rings. The summed E-state index contributed by atoms with van der Waals surface area (Å²) in [5.41, 5.74) is 1.17. The van der Waals surface area contributed by atoms with Gasteiger partial charge in [0, 0.05) is 20.0 Å². The lowest BCUT2D eigenvalue weighted by Crippen LogP contribution is -2.30. The summed E-state index contributed by atoms with van der Waals surface area (Å²) in [7, 11) is 3.64. The van der Waals surface area contributed by atoms with Gasteiger partial charge in [0.05, 0.1) is 12.4 Å². The maximum Gasteiger partial charge on any atom is 0.167 e. The highest BCUT2D eigenvalue weighted by Gasteiger charge is 2.42. The molecule has 1 aliphatic heterocycles. The lowest BCUT2D eigenvalue weighted by Gasteiger charge is -2.17. The third-order valence-electron chi connectivity index (χ3n) is 4.05. The van der Waals surface area contributed by atoms with Crippen molar-refractivity contribution in [3.63, 3.8) is 0 Å². The molecule has 1 aliphatic rings. The predicted molar refractivity (Wildman–Crippen MR) is 84.1 cm³/mol. The number of hydrogen-bond acceptors (Lipinski definition) is 8. The zero-order chi connectivity index (χ0) is 16.6. The Labute approximate surface area is 133 Å². The number of fused-ring (bicyclic) bond motifs is 1. The van der Waals surface area contributed by atoms with Gasteiger partial charge in [0.25, 0.3) is 0 Å². The maximum absolute atomic E-state index is 10.2. The summed E-state index contributed by atoms with van der Waals surface area (Å²) in [6.07, 6.45) is -0.924. The van der Waals surface area contributed by atoms with Crippen molar-refractivity contribution in [2.75, 3.05) is 26.0 Å². The Hall–Kier alpha value is -1.81. The zero-order valence-corrected chi connectivity index (χ0v) is 13.4. The average molecular weight is 322 g/mol. The van der Waals surface area contributed by atoms with Crippen LogP contribution in [0.15, 0.2) is 6.33 Å². The molecule has 4 atom stereocenters. The normalized spacial score (nSPS) is 27.7. The summed E-state index contributed by atoms with van der Waals surface area (Å²) in [5.74, 6) is 1.29. The van der Waals surface area contributed by atoms with E-state index in [1.165, 1.54) is 0 Å². The first-order valence-corrected chi connectivity index (χ1v) is 7.64. The summed E-state index contributed by atoms with van der Waals surface area (Å²) in [5, 5.41) is 26.2. The van der Waals surface area contributed by atoms with Crippen LogP contribution in [0.25, 0.3) is 11.2 Å². The number of aromatic nitrogens is 4. The van der Waals surface area contributed by atoms with E-state index in [-0.39, 0.29) is 0 Å². The van der Waals surface area contributed by atoms with E-state index in [1.54, 1.807) is 24.9 Å². The monoisotopic (exact) mass is 322 g/mol. The van der Waals surface area contributed by atoms with Crippen molar-refractivity contribution in [1.29, 1.82) is 0 Å². The molecule has 0 radical (unpaired) electrons. The topological polar surface area (TPSA) is 117 Å². The molecule has 0 aliphatic carbocycles. The van der Waals surface area contributed by atoms with Crippen molar-refractivity contribution in [1.82, 2.24) is 24.8 Å². The molecular formula is C14H22N6O3. The number of hydrogen-bond donors (Lipinski definition) is 4. The molecule has 0 saturated carbocycles. The second-order valence-electron chi connectivity index (χ2n) is 5.63. The van der Waals surface area contributed by atoms with Crippen molar-refractivity contribution in [2.45, 2.75) is 37.9 Å². The lowest BCUT2D eigenvalue weighted by molar-refractivity contribution is -0.0299. The molecule has 0 spiro atoms. The Bertz CT molecular complexity index is 690. The molecule has 9 nitrogen and oxygen atoms in total. The van der Waals surface area contributed by atoms with Crippen LogP contribution in [0.3, 0.4) is 0 Å². The third-order valence-corrected chi connectivity index (χ3v) is 4.05. The Morgan fingerprint density at radius 3 is 2.65 bits per heavy atom. The highest BCUT2D eigenvalue weighted by atomic mass is 16.6. The van der Waals surface area contributed by atoms with E-state index < -0.39 is 24.5 Å². The molecule has 0 bridgehead atoms. The summed E-state index contributed by atoms with van der Waals surface area (Å²) in [6, 6.07) is 0. The fourth-order valence-corrected chi connectivity index (χ4v) is 2.73. The van der Waals surface area contributed by atoms with Gasteiger partial charge in [-0.25, -0.2) is 15.0 Å². The molecule has 1 saturated heterocycles. The molecule has 126 valence electrons. The van der Waals surface area contributed by atoms with Gasteiger partial charge in [-0.15, -0.1) is 0 Å². The fourth-order valence-electron chi connectivity index (χ4n) is 2.73. The van der Waals surface area contributed by atoms with Crippen LogP contribution in [0.5, 0.6) is 0 Å². The molecule has 1 fully saturated rings. The van der Waals surface area contributed by atoms with Crippen LogP contribution in [-0.2, 0) is 11.2 Å². The SMILES string of the molecule is CNCCc1nc(NC)c2ncn([C@@H]3O[C@H](C)[C@@H](O)[C@H]3O)c2n1. The molecule has 0 amide bonds. The van der Waals surface area contributed by atoms with E-state index in [2.05, 4.69) is 25.6 Å². The number of likely N-dealkylation sites (N-methyl/N-ethyl adjacent to an activating group) is 1.